The zero-order valence-electron chi connectivity index (χ0n) is 13.5. The monoisotopic (exact) mass is 314 g/mol. The van der Waals surface area contributed by atoms with Gasteiger partial charge in [-0.3, -0.25) is 9.78 Å². The molecule has 1 amide bonds. The number of amides is 1. The van der Waals surface area contributed by atoms with Crippen molar-refractivity contribution in [2.24, 2.45) is 0 Å². The van der Waals surface area contributed by atoms with Crippen molar-refractivity contribution >= 4 is 11.9 Å². The molecule has 2 heterocycles. The van der Waals surface area contributed by atoms with Gasteiger partial charge in [0.25, 0.3) is 5.91 Å². The molecule has 0 radical (unpaired) electrons. The Morgan fingerprint density at radius 1 is 1.26 bits per heavy atom. The lowest BCUT2D eigenvalue weighted by Crippen LogP contribution is -2.24. The van der Waals surface area contributed by atoms with Crippen LogP contribution in [-0.4, -0.2) is 52.9 Å². The van der Waals surface area contributed by atoms with E-state index in [1.807, 2.05) is 26.2 Å². The summed E-state index contributed by atoms with van der Waals surface area (Å²) >= 11 is 0. The molecule has 122 valence electrons. The van der Waals surface area contributed by atoms with Crippen molar-refractivity contribution in [3.63, 3.8) is 0 Å². The number of pyridine rings is 1. The number of anilines is 1. The molecule has 2 aromatic rings. The molecule has 0 atom stereocenters. The third-order valence-corrected chi connectivity index (χ3v) is 3.13. The summed E-state index contributed by atoms with van der Waals surface area (Å²) in [5.41, 5.74) is 1.29. The number of rotatable bonds is 8. The van der Waals surface area contributed by atoms with E-state index in [0.29, 0.717) is 18.2 Å². The fourth-order valence-electron chi connectivity index (χ4n) is 1.94. The van der Waals surface area contributed by atoms with Crippen LogP contribution in [0.2, 0.25) is 0 Å². The van der Waals surface area contributed by atoms with Crippen LogP contribution in [0.15, 0.2) is 36.8 Å². The number of nitrogens with one attached hydrogen (secondary N) is 2. The van der Waals surface area contributed by atoms with Crippen LogP contribution in [0, 0.1) is 0 Å². The number of carbonyl (C=O) groups is 1. The van der Waals surface area contributed by atoms with Crippen molar-refractivity contribution in [2.75, 3.05) is 32.5 Å². The first-order chi connectivity index (χ1) is 11.1. The highest BCUT2D eigenvalue weighted by Crippen LogP contribution is 2.02. The summed E-state index contributed by atoms with van der Waals surface area (Å²) in [6.45, 7) is 2.17. The fraction of sp³-hybridized carbons (Fsp3) is 0.375. The summed E-state index contributed by atoms with van der Waals surface area (Å²) < 4.78 is 0. The first-order valence-electron chi connectivity index (χ1n) is 7.54. The van der Waals surface area contributed by atoms with Crippen molar-refractivity contribution in [1.29, 1.82) is 0 Å². The molecule has 0 saturated carbocycles. The second-order valence-electron chi connectivity index (χ2n) is 5.39. The van der Waals surface area contributed by atoms with Crippen LogP contribution in [0.4, 0.5) is 5.95 Å². The van der Waals surface area contributed by atoms with E-state index in [9.17, 15) is 4.79 Å². The summed E-state index contributed by atoms with van der Waals surface area (Å²) in [5, 5.41) is 5.95. The number of hydrogen-bond acceptors (Lipinski definition) is 6. The van der Waals surface area contributed by atoms with Crippen molar-refractivity contribution < 1.29 is 4.79 Å². The molecule has 23 heavy (non-hydrogen) atoms. The molecule has 0 aliphatic heterocycles. The van der Waals surface area contributed by atoms with E-state index in [2.05, 4.69) is 30.5 Å². The molecule has 2 N–H and O–H groups in total. The van der Waals surface area contributed by atoms with E-state index in [1.54, 1.807) is 24.7 Å². The summed E-state index contributed by atoms with van der Waals surface area (Å²) in [6.07, 6.45) is 5.98. The molecule has 2 aromatic heterocycles. The first-order valence-corrected chi connectivity index (χ1v) is 7.54. The van der Waals surface area contributed by atoms with Gasteiger partial charge in [0.1, 0.15) is 5.69 Å². The average molecular weight is 314 g/mol. The van der Waals surface area contributed by atoms with Gasteiger partial charge >= 0.3 is 0 Å². The maximum atomic E-state index is 12.1. The fourth-order valence-corrected chi connectivity index (χ4v) is 1.94. The Bertz CT molecular complexity index is 617. The third kappa shape index (κ3) is 5.99. The lowest BCUT2D eigenvalue weighted by atomic mass is 10.3. The molecule has 0 fully saturated rings. The molecule has 0 bridgehead atoms. The van der Waals surface area contributed by atoms with Gasteiger partial charge in [0.2, 0.25) is 5.95 Å². The summed E-state index contributed by atoms with van der Waals surface area (Å²) in [6, 6.07) is 5.34. The average Bonchev–Trinajstić information content (AvgIpc) is 2.57. The van der Waals surface area contributed by atoms with Crippen LogP contribution in [0.5, 0.6) is 0 Å². The number of nitrogens with zero attached hydrogens (tertiary/aromatic N) is 4. The van der Waals surface area contributed by atoms with Crippen molar-refractivity contribution in [1.82, 2.24) is 25.2 Å². The van der Waals surface area contributed by atoms with Gasteiger partial charge in [0.15, 0.2) is 0 Å². The van der Waals surface area contributed by atoms with E-state index < -0.39 is 0 Å². The standard InChI is InChI=1S/C16H22N6O/c1-22(2)10-4-8-18-16-19-9-6-14(21-16)15(23)20-12-13-5-3-7-17-11-13/h3,5-7,9,11H,4,8,10,12H2,1-2H3,(H,20,23)(H,18,19,21). The van der Waals surface area contributed by atoms with Crippen LogP contribution in [0.1, 0.15) is 22.5 Å². The number of carbonyl (C=O) groups excluding carboxylic acids is 1. The summed E-state index contributed by atoms with van der Waals surface area (Å²) in [7, 11) is 4.06. The van der Waals surface area contributed by atoms with Gasteiger partial charge in [-0.1, -0.05) is 6.07 Å². The maximum Gasteiger partial charge on any atom is 0.270 e. The van der Waals surface area contributed by atoms with Crippen LogP contribution in [0.3, 0.4) is 0 Å². The molecule has 0 aromatic carbocycles. The van der Waals surface area contributed by atoms with Crippen LogP contribution in [-0.2, 0) is 6.54 Å². The van der Waals surface area contributed by atoms with Crippen LogP contribution in [0.25, 0.3) is 0 Å². The Balaban J connectivity index is 1.84. The topological polar surface area (TPSA) is 83.0 Å². The highest BCUT2D eigenvalue weighted by atomic mass is 16.1. The van der Waals surface area contributed by atoms with Crippen molar-refractivity contribution in [3.05, 3.63) is 48.0 Å². The zero-order valence-corrected chi connectivity index (χ0v) is 13.5. The highest BCUT2D eigenvalue weighted by Gasteiger charge is 2.08. The molecule has 0 aliphatic carbocycles. The highest BCUT2D eigenvalue weighted by molar-refractivity contribution is 5.92. The molecular formula is C16H22N6O. The van der Waals surface area contributed by atoms with E-state index in [-0.39, 0.29) is 5.91 Å². The van der Waals surface area contributed by atoms with Gasteiger partial charge in [-0.2, -0.15) is 0 Å². The first kappa shape index (κ1) is 16.8. The molecule has 7 nitrogen and oxygen atoms in total. The predicted octanol–water partition coefficient (Wildman–Crippen LogP) is 1.17. The molecule has 0 unspecified atom stereocenters. The maximum absolute atomic E-state index is 12.1. The second kappa shape index (κ2) is 8.79. The van der Waals surface area contributed by atoms with E-state index in [4.69, 9.17) is 0 Å². The minimum absolute atomic E-state index is 0.229. The van der Waals surface area contributed by atoms with Gasteiger partial charge in [-0.05, 0) is 44.8 Å². The quantitative estimate of drug-likeness (QED) is 0.712. The largest absolute Gasteiger partial charge is 0.354 e. The Morgan fingerprint density at radius 2 is 2.13 bits per heavy atom. The molecule has 2 rings (SSSR count). The third-order valence-electron chi connectivity index (χ3n) is 3.13. The Kier molecular flexibility index (Phi) is 6.43. The Labute approximate surface area is 136 Å². The van der Waals surface area contributed by atoms with E-state index in [1.165, 1.54) is 0 Å². The normalized spacial score (nSPS) is 10.6. The summed E-state index contributed by atoms with van der Waals surface area (Å²) in [4.78, 5) is 26.6. The van der Waals surface area contributed by atoms with Gasteiger partial charge < -0.3 is 15.5 Å². The Morgan fingerprint density at radius 3 is 2.87 bits per heavy atom. The minimum atomic E-state index is -0.229. The van der Waals surface area contributed by atoms with E-state index >= 15 is 0 Å². The van der Waals surface area contributed by atoms with Crippen molar-refractivity contribution in [3.8, 4) is 0 Å². The lowest BCUT2D eigenvalue weighted by Gasteiger charge is -2.10. The van der Waals surface area contributed by atoms with Gasteiger partial charge in [0.05, 0.1) is 0 Å². The van der Waals surface area contributed by atoms with Gasteiger partial charge in [0, 0.05) is 31.7 Å². The van der Waals surface area contributed by atoms with Gasteiger partial charge in [-0.25, -0.2) is 9.97 Å². The smallest absolute Gasteiger partial charge is 0.270 e. The molecule has 0 aliphatic rings. The second-order valence-corrected chi connectivity index (χ2v) is 5.39. The predicted molar refractivity (Wildman–Crippen MR) is 89.1 cm³/mol. The lowest BCUT2D eigenvalue weighted by molar-refractivity contribution is 0.0946. The number of aromatic nitrogens is 3. The zero-order chi connectivity index (χ0) is 16.5. The molecular weight excluding hydrogens is 292 g/mol. The van der Waals surface area contributed by atoms with Crippen LogP contribution >= 0.6 is 0 Å². The van der Waals surface area contributed by atoms with E-state index in [0.717, 1.165) is 25.1 Å². The number of hydrogen-bond donors (Lipinski definition) is 2. The SMILES string of the molecule is CN(C)CCCNc1nccc(C(=O)NCc2cccnc2)n1. The molecule has 7 heteroatoms. The molecule has 0 spiro atoms. The summed E-state index contributed by atoms with van der Waals surface area (Å²) in [5.74, 6) is 0.241. The van der Waals surface area contributed by atoms with Crippen LogP contribution < -0.4 is 10.6 Å². The molecule has 0 saturated heterocycles. The van der Waals surface area contributed by atoms with Crippen molar-refractivity contribution in [2.45, 2.75) is 13.0 Å². The minimum Gasteiger partial charge on any atom is -0.354 e. The Hall–Kier alpha value is -2.54. The van der Waals surface area contributed by atoms with Gasteiger partial charge in [-0.15, -0.1) is 0 Å².